The Kier molecular flexibility index (Phi) is 6.40. The summed E-state index contributed by atoms with van der Waals surface area (Å²) in [6.45, 7) is 0.412. The smallest absolute Gasteiger partial charge is 0.221 e. The first-order valence-corrected chi connectivity index (χ1v) is 10.7. The molecule has 6 heteroatoms. The molecule has 4 nitrogen and oxygen atoms in total. The third kappa shape index (κ3) is 4.32. The Morgan fingerprint density at radius 1 is 0.939 bits per heavy atom. The first-order chi connectivity index (χ1) is 15.8. The zero-order chi connectivity index (χ0) is 23.6. The van der Waals surface area contributed by atoms with Crippen LogP contribution in [0.4, 0.5) is 8.78 Å². The van der Waals surface area contributed by atoms with E-state index in [1.54, 1.807) is 25.3 Å². The average molecular weight is 449 g/mol. The summed E-state index contributed by atoms with van der Waals surface area (Å²) < 4.78 is 35.5. The first-order valence-electron chi connectivity index (χ1n) is 10.7. The molecule has 0 spiro atoms. The molecule has 170 valence electrons. The van der Waals surface area contributed by atoms with Crippen LogP contribution >= 0.6 is 0 Å². The molecule has 1 N–H and O–H groups in total. The number of rotatable bonds is 7. The molecule has 0 saturated carbocycles. The number of hydrogen-bond donors (Lipinski definition) is 1. The highest BCUT2D eigenvalue weighted by atomic mass is 19.1. The minimum absolute atomic E-state index is 0.0870. The standard InChI is InChI=1S/C27H26F2N2O2/c1-31(2)16-15-27(32,25-22(28)12-8-13-23(25)29)21-11-7-14-24-20(21)17-19(26(30-24)33-3)18-9-5-4-6-10-18/h4-14,17,32H,15-16H2,1-3H3. The third-order valence-electron chi connectivity index (χ3n) is 5.85. The van der Waals surface area contributed by atoms with Crippen molar-refractivity contribution in [2.24, 2.45) is 0 Å². The Hall–Kier alpha value is -3.35. The Balaban J connectivity index is 2.02. The molecule has 3 aromatic carbocycles. The average Bonchev–Trinajstić information content (AvgIpc) is 2.82. The van der Waals surface area contributed by atoms with Gasteiger partial charge in [-0.15, -0.1) is 0 Å². The second-order valence-corrected chi connectivity index (χ2v) is 8.29. The molecule has 0 aliphatic rings. The Labute approximate surface area is 192 Å². The number of ether oxygens (including phenoxy) is 1. The van der Waals surface area contributed by atoms with E-state index >= 15 is 0 Å². The van der Waals surface area contributed by atoms with Crippen molar-refractivity contribution in [3.05, 3.63) is 95.6 Å². The number of nitrogens with zero attached hydrogens (tertiary/aromatic N) is 2. The maximum Gasteiger partial charge on any atom is 0.221 e. The van der Waals surface area contributed by atoms with E-state index in [0.717, 1.165) is 11.1 Å². The van der Waals surface area contributed by atoms with Crippen molar-refractivity contribution < 1.29 is 18.6 Å². The number of benzene rings is 3. The molecular weight excluding hydrogens is 422 g/mol. The highest BCUT2D eigenvalue weighted by molar-refractivity contribution is 5.90. The van der Waals surface area contributed by atoms with Crippen LogP contribution in [0, 0.1) is 11.6 Å². The molecule has 0 saturated heterocycles. The lowest BCUT2D eigenvalue weighted by molar-refractivity contribution is 0.0568. The van der Waals surface area contributed by atoms with Gasteiger partial charge in [-0.2, -0.15) is 0 Å². The molecule has 4 aromatic rings. The normalized spacial score (nSPS) is 13.3. The number of halogens is 2. The topological polar surface area (TPSA) is 45.6 Å². The number of aliphatic hydroxyl groups is 1. The molecule has 0 aliphatic heterocycles. The van der Waals surface area contributed by atoms with Gasteiger partial charge in [0, 0.05) is 17.5 Å². The Morgan fingerprint density at radius 2 is 1.61 bits per heavy atom. The van der Waals surface area contributed by atoms with Crippen molar-refractivity contribution in [2.75, 3.05) is 27.7 Å². The highest BCUT2D eigenvalue weighted by Gasteiger charge is 2.38. The Bertz CT molecular complexity index is 1260. The zero-order valence-corrected chi connectivity index (χ0v) is 18.8. The van der Waals surface area contributed by atoms with Gasteiger partial charge in [0.15, 0.2) is 0 Å². The second kappa shape index (κ2) is 9.25. The monoisotopic (exact) mass is 448 g/mol. The molecule has 0 radical (unpaired) electrons. The van der Waals surface area contributed by atoms with Crippen LogP contribution in [-0.4, -0.2) is 42.7 Å². The van der Waals surface area contributed by atoms with Crippen LogP contribution in [0.15, 0.2) is 72.8 Å². The summed E-state index contributed by atoms with van der Waals surface area (Å²) in [6.07, 6.45) is 0.0870. The van der Waals surface area contributed by atoms with Gasteiger partial charge in [0.25, 0.3) is 0 Å². The number of fused-ring (bicyclic) bond motifs is 1. The van der Waals surface area contributed by atoms with E-state index in [9.17, 15) is 13.9 Å². The van der Waals surface area contributed by atoms with Crippen LogP contribution in [0.1, 0.15) is 17.5 Å². The maximum absolute atomic E-state index is 15.0. The van der Waals surface area contributed by atoms with Crippen molar-refractivity contribution in [1.82, 2.24) is 9.88 Å². The van der Waals surface area contributed by atoms with Gasteiger partial charge in [0.2, 0.25) is 5.88 Å². The van der Waals surface area contributed by atoms with E-state index in [1.165, 1.54) is 18.2 Å². The van der Waals surface area contributed by atoms with Crippen LogP contribution in [0.25, 0.3) is 22.0 Å². The molecule has 0 amide bonds. The van der Waals surface area contributed by atoms with Gasteiger partial charge in [0.1, 0.15) is 17.2 Å². The fourth-order valence-corrected chi connectivity index (χ4v) is 4.19. The molecule has 0 aliphatic carbocycles. The lowest BCUT2D eigenvalue weighted by atomic mass is 9.80. The highest BCUT2D eigenvalue weighted by Crippen LogP contribution is 2.41. The van der Waals surface area contributed by atoms with E-state index in [-0.39, 0.29) is 12.0 Å². The molecule has 0 bridgehead atoms. The quantitative estimate of drug-likeness (QED) is 0.413. The first kappa shape index (κ1) is 22.8. The molecule has 1 atom stereocenters. The lowest BCUT2D eigenvalue weighted by Gasteiger charge is -2.32. The summed E-state index contributed by atoms with van der Waals surface area (Å²) in [5.41, 5.74) is 0.275. The SMILES string of the molecule is COc1nc2cccc(C(O)(CCN(C)C)c3c(F)cccc3F)c2cc1-c1ccccc1. The summed E-state index contributed by atoms with van der Waals surface area (Å²) in [5.74, 6) is -1.16. The summed E-state index contributed by atoms with van der Waals surface area (Å²) in [4.78, 5) is 6.51. The van der Waals surface area contributed by atoms with Gasteiger partial charge in [-0.1, -0.05) is 48.5 Å². The molecule has 0 fully saturated rings. The summed E-state index contributed by atoms with van der Waals surface area (Å²) >= 11 is 0. The number of methoxy groups -OCH3 is 1. The van der Waals surface area contributed by atoms with E-state index < -0.39 is 17.2 Å². The number of hydrogen-bond acceptors (Lipinski definition) is 4. The van der Waals surface area contributed by atoms with Crippen LogP contribution < -0.4 is 4.74 Å². The number of pyridine rings is 1. The predicted molar refractivity (Wildman–Crippen MR) is 126 cm³/mol. The van der Waals surface area contributed by atoms with E-state index in [2.05, 4.69) is 4.98 Å². The van der Waals surface area contributed by atoms with E-state index in [4.69, 9.17) is 4.74 Å². The molecule has 1 heterocycles. The lowest BCUT2D eigenvalue weighted by Crippen LogP contribution is -2.34. The largest absolute Gasteiger partial charge is 0.481 e. The fourth-order valence-electron chi connectivity index (χ4n) is 4.19. The molecule has 1 unspecified atom stereocenters. The van der Waals surface area contributed by atoms with Gasteiger partial charge in [-0.3, -0.25) is 0 Å². The second-order valence-electron chi connectivity index (χ2n) is 8.29. The van der Waals surface area contributed by atoms with Gasteiger partial charge < -0.3 is 14.7 Å². The van der Waals surface area contributed by atoms with Crippen molar-refractivity contribution >= 4 is 10.9 Å². The molecule has 1 aromatic heterocycles. The maximum atomic E-state index is 15.0. The van der Waals surface area contributed by atoms with Crippen LogP contribution in [0.2, 0.25) is 0 Å². The fraction of sp³-hybridized carbons (Fsp3) is 0.222. The Morgan fingerprint density at radius 3 is 2.24 bits per heavy atom. The van der Waals surface area contributed by atoms with Gasteiger partial charge in [-0.05, 0) is 55.9 Å². The van der Waals surface area contributed by atoms with E-state index in [1.807, 2.05) is 55.4 Å². The van der Waals surface area contributed by atoms with Crippen molar-refractivity contribution in [3.63, 3.8) is 0 Å². The third-order valence-corrected chi connectivity index (χ3v) is 5.85. The van der Waals surface area contributed by atoms with Crippen LogP contribution in [0.3, 0.4) is 0 Å². The van der Waals surface area contributed by atoms with Gasteiger partial charge in [0.05, 0.1) is 18.2 Å². The summed E-state index contributed by atoms with van der Waals surface area (Å²) in [5, 5.41) is 12.6. The minimum atomic E-state index is -1.91. The van der Waals surface area contributed by atoms with Crippen molar-refractivity contribution in [1.29, 1.82) is 0 Å². The van der Waals surface area contributed by atoms with Crippen molar-refractivity contribution in [2.45, 2.75) is 12.0 Å². The zero-order valence-electron chi connectivity index (χ0n) is 18.8. The van der Waals surface area contributed by atoms with Gasteiger partial charge in [-0.25, -0.2) is 13.8 Å². The molecule has 33 heavy (non-hydrogen) atoms. The summed E-state index contributed by atoms with van der Waals surface area (Å²) in [6, 6.07) is 20.3. The van der Waals surface area contributed by atoms with Gasteiger partial charge >= 0.3 is 0 Å². The van der Waals surface area contributed by atoms with Crippen LogP contribution in [-0.2, 0) is 5.60 Å². The van der Waals surface area contributed by atoms with Crippen LogP contribution in [0.5, 0.6) is 5.88 Å². The van der Waals surface area contributed by atoms with Crippen molar-refractivity contribution in [3.8, 4) is 17.0 Å². The van der Waals surface area contributed by atoms with E-state index in [0.29, 0.717) is 28.9 Å². The molecular formula is C27H26F2N2O2. The minimum Gasteiger partial charge on any atom is -0.481 e. The number of aromatic nitrogens is 1. The molecule has 4 rings (SSSR count). The predicted octanol–water partition coefficient (Wildman–Crippen LogP) is 5.38. The summed E-state index contributed by atoms with van der Waals surface area (Å²) in [7, 11) is 5.24.